The van der Waals surface area contributed by atoms with Crippen molar-refractivity contribution in [2.45, 2.75) is 24.7 Å². The molecule has 106 valence electrons. The largest absolute Gasteiger partial charge is 0.396 e. The van der Waals surface area contributed by atoms with E-state index >= 15 is 0 Å². The minimum absolute atomic E-state index is 0.0155. The van der Waals surface area contributed by atoms with Crippen LogP contribution in [0.4, 0.5) is 17.5 Å². The molecule has 8 N–H and O–H groups in total. The van der Waals surface area contributed by atoms with Gasteiger partial charge in [-0.2, -0.15) is 9.97 Å². The van der Waals surface area contributed by atoms with Gasteiger partial charge in [-0.1, -0.05) is 11.6 Å². The summed E-state index contributed by atoms with van der Waals surface area (Å²) >= 11 is 5.78. The zero-order chi connectivity index (χ0) is 14.2. The maximum absolute atomic E-state index is 9.88. The summed E-state index contributed by atoms with van der Waals surface area (Å²) in [6, 6.07) is -0.500. The average Bonchev–Trinajstić information content (AvgIpc) is 2.63. The number of aliphatic hydroxyl groups excluding tert-OH is 3. The summed E-state index contributed by atoms with van der Waals surface area (Å²) in [5, 5.41) is 31.6. The Bertz CT molecular complexity index is 475. The van der Waals surface area contributed by atoms with Gasteiger partial charge in [0.1, 0.15) is 11.8 Å². The van der Waals surface area contributed by atoms with Crippen molar-refractivity contribution in [1.29, 1.82) is 0 Å². The minimum atomic E-state index is -1.04. The molecule has 2 rings (SSSR count). The summed E-state index contributed by atoms with van der Waals surface area (Å²) < 4.78 is 0. The second kappa shape index (κ2) is 5.33. The van der Waals surface area contributed by atoms with E-state index < -0.39 is 24.2 Å². The van der Waals surface area contributed by atoms with Crippen LogP contribution in [0.15, 0.2) is 0 Å². The lowest BCUT2D eigenvalue weighted by molar-refractivity contribution is 0.00446. The Hall–Kier alpha value is -1.35. The van der Waals surface area contributed by atoms with Crippen molar-refractivity contribution in [2.24, 2.45) is 5.92 Å². The molecule has 0 saturated heterocycles. The first-order valence-electron chi connectivity index (χ1n) is 5.76. The van der Waals surface area contributed by atoms with Gasteiger partial charge in [0, 0.05) is 12.5 Å². The predicted octanol–water partition coefficient (Wildman–Crippen LogP) is -1.19. The van der Waals surface area contributed by atoms with Gasteiger partial charge in [-0.3, -0.25) is 0 Å². The predicted molar refractivity (Wildman–Crippen MR) is 70.5 cm³/mol. The molecule has 0 amide bonds. The van der Waals surface area contributed by atoms with Crippen LogP contribution in [-0.4, -0.2) is 50.1 Å². The Kier molecular flexibility index (Phi) is 3.95. The lowest BCUT2D eigenvalue weighted by Gasteiger charge is -2.19. The van der Waals surface area contributed by atoms with Crippen molar-refractivity contribution < 1.29 is 15.3 Å². The summed E-state index contributed by atoms with van der Waals surface area (Å²) in [6.07, 6.45) is -1.66. The third-order valence-corrected chi connectivity index (χ3v) is 3.56. The highest BCUT2D eigenvalue weighted by Gasteiger charge is 2.41. The highest BCUT2D eigenvalue weighted by Crippen LogP contribution is 2.31. The van der Waals surface area contributed by atoms with Crippen LogP contribution in [0.25, 0.3) is 0 Å². The second-order valence-corrected chi connectivity index (χ2v) is 4.90. The Balaban J connectivity index is 2.18. The fourth-order valence-corrected chi connectivity index (χ4v) is 2.37. The molecule has 0 radical (unpaired) electrons. The third-order valence-electron chi connectivity index (χ3n) is 3.27. The maximum Gasteiger partial charge on any atom is 0.223 e. The van der Waals surface area contributed by atoms with Gasteiger partial charge in [0.05, 0.1) is 12.1 Å². The molecule has 0 unspecified atom stereocenters. The number of rotatable bonds is 3. The molecule has 0 aromatic carbocycles. The standard InChI is InChI=1S/C10H16ClN5O3/c11-8-5(12)9(16-10(13)15-8)14-4-1-3(2-17)6(18)7(4)19/h3-4,6-7,17-19H,1-2,12H2,(H3,13,14,15,16)/t3-,4-,6-,7+/m0/s1. The van der Waals surface area contributed by atoms with Crippen LogP contribution in [0.3, 0.4) is 0 Å². The number of nitrogens with one attached hydrogen (secondary N) is 1. The van der Waals surface area contributed by atoms with E-state index in [9.17, 15) is 10.2 Å². The van der Waals surface area contributed by atoms with Crippen molar-refractivity contribution in [3.8, 4) is 0 Å². The van der Waals surface area contributed by atoms with Crippen molar-refractivity contribution in [3.63, 3.8) is 0 Å². The van der Waals surface area contributed by atoms with Gasteiger partial charge in [0.25, 0.3) is 0 Å². The van der Waals surface area contributed by atoms with E-state index in [0.717, 1.165) is 0 Å². The SMILES string of the molecule is Nc1nc(Cl)c(N)c(N[C@H]2C[C@@H](CO)[C@H](O)[C@@H]2O)n1. The highest BCUT2D eigenvalue weighted by atomic mass is 35.5. The molecule has 0 aliphatic heterocycles. The van der Waals surface area contributed by atoms with E-state index in [1.54, 1.807) is 0 Å². The van der Waals surface area contributed by atoms with Crippen LogP contribution >= 0.6 is 11.6 Å². The van der Waals surface area contributed by atoms with Crippen LogP contribution in [0.2, 0.25) is 5.15 Å². The first-order chi connectivity index (χ1) is 8.93. The molecule has 19 heavy (non-hydrogen) atoms. The summed E-state index contributed by atoms with van der Waals surface area (Å²) in [4.78, 5) is 7.59. The molecule has 9 heteroatoms. The van der Waals surface area contributed by atoms with E-state index in [-0.39, 0.29) is 29.2 Å². The van der Waals surface area contributed by atoms with Gasteiger partial charge in [-0.05, 0) is 6.42 Å². The van der Waals surface area contributed by atoms with E-state index in [2.05, 4.69) is 15.3 Å². The molecule has 1 aliphatic rings. The van der Waals surface area contributed by atoms with E-state index in [0.29, 0.717) is 6.42 Å². The number of nitrogen functional groups attached to an aromatic ring is 2. The molecule has 1 heterocycles. The van der Waals surface area contributed by atoms with Crippen molar-refractivity contribution in [2.75, 3.05) is 23.4 Å². The number of hydrogen-bond acceptors (Lipinski definition) is 8. The van der Waals surface area contributed by atoms with Crippen LogP contribution in [0, 0.1) is 5.92 Å². The van der Waals surface area contributed by atoms with E-state index in [1.807, 2.05) is 0 Å². The normalized spacial score (nSPS) is 30.5. The molecule has 0 bridgehead atoms. The maximum atomic E-state index is 9.88. The van der Waals surface area contributed by atoms with Crippen LogP contribution < -0.4 is 16.8 Å². The van der Waals surface area contributed by atoms with Gasteiger partial charge in [0.2, 0.25) is 5.95 Å². The van der Waals surface area contributed by atoms with Gasteiger partial charge in [-0.15, -0.1) is 0 Å². The zero-order valence-electron chi connectivity index (χ0n) is 9.99. The van der Waals surface area contributed by atoms with E-state index in [1.165, 1.54) is 0 Å². The molecule has 1 saturated carbocycles. The Morgan fingerprint density at radius 2 is 1.95 bits per heavy atom. The summed E-state index contributed by atoms with van der Waals surface area (Å²) in [5.74, 6) is -0.246. The Labute approximate surface area is 114 Å². The lowest BCUT2D eigenvalue weighted by atomic mass is 10.1. The number of nitrogens with zero attached hydrogens (tertiary/aromatic N) is 2. The summed E-state index contributed by atoms with van der Waals surface area (Å²) in [5.41, 5.74) is 11.3. The van der Waals surface area contributed by atoms with Gasteiger partial charge >= 0.3 is 0 Å². The molecule has 1 fully saturated rings. The van der Waals surface area contributed by atoms with Crippen molar-refractivity contribution in [3.05, 3.63) is 5.15 Å². The molecule has 1 aliphatic carbocycles. The Morgan fingerprint density at radius 3 is 2.53 bits per heavy atom. The van der Waals surface area contributed by atoms with Crippen LogP contribution in [-0.2, 0) is 0 Å². The number of anilines is 3. The van der Waals surface area contributed by atoms with Gasteiger partial charge in [0.15, 0.2) is 11.0 Å². The topological polar surface area (TPSA) is 151 Å². The fourth-order valence-electron chi connectivity index (χ4n) is 2.19. The molecular formula is C10H16ClN5O3. The monoisotopic (exact) mass is 289 g/mol. The minimum Gasteiger partial charge on any atom is -0.396 e. The average molecular weight is 290 g/mol. The number of aromatic nitrogens is 2. The first kappa shape index (κ1) is 14.1. The molecule has 1 aromatic heterocycles. The quantitative estimate of drug-likeness (QED) is 0.380. The third kappa shape index (κ3) is 2.66. The second-order valence-electron chi connectivity index (χ2n) is 4.55. The van der Waals surface area contributed by atoms with Crippen molar-refractivity contribution >= 4 is 29.1 Å². The van der Waals surface area contributed by atoms with Gasteiger partial charge in [-0.25, -0.2) is 0 Å². The smallest absolute Gasteiger partial charge is 0.223 e. The summed E-state index contributed by atoms with van der Waals surface area (Å²) in [7, 11) is 0. The Morgan fingerprint density at radius 1 is 1.26 bits per heavy atom. The van der Waals surface area contributed by atoms with Gasteiger partial charge < -0.3 is 32.1 Å². The number of nitrogens with two attached hydrogens (primary N) is 2. The zero-order valence-corrected chi connectivity index (χ0v) is 10.7. The molecular weight excluding hydrogens is 274 g/mol. The molecule has 1 aromatic rings. The summed E-state index contributed by atoms with van der Waals surface area (Å²) in [6.45, 7) is -0.210. The van der Waals surface area contributed by atoms with Crippen LogP contribution in [0.5, 0.6) is 0 Å². The molecule has 4 atom stereocenters. The highest BCUT2D eigenvalue weighted by molar-refractivity contribution is 6.32. The van der Waals surface area contributed by atoms with E-state index in [4.69, 9.17) is 28.2 Å². The number of hydrogen-bond donors (Lipinski definition) is 6. The fraction of sp³-hybridized carbons (Fsp3) is 0.600. The first-order valence-corrected chi connectivity index (χ1v) is 6.13. The van der Waals surface area contributed by atoms with Crippen LogP contribution in [0.1, 0.15) is 6.42 Å². The number of aliphatic hydroxyl groups is 3. The number of halogens is 1. The lowest BCUT2D eigenvalue weighted by Crippen LogP contribution is -2.35. The van der Waals surface area contributed by atoms with Crippen molar-refractivity contribution in [1.82, 2.24) is 9.97 Å². The molecule has 0 spiro atoms. The molecule has 8 nitrogen and oxygen atoms in total.